The summed E-state index contributed by atoms with van der Waals surface area (Å²) < 4.78 is 0. The molecule has 0 aliphatic heterocycles. The second-order valence-electron chi connectivity index (χ2n) is 5.81. The molecule has 0 radical (unpaired) electrons. The van der Waals surface area contributed by atoms with E-state index in [4.69, 9.17) is 5.11 Å². The van der Waals surface area contributed by atoms with Gasteiger partial charge in [0.2, 0.25) is 0 Å². The van der Waals surface area contributed by atoms with E-state index in [-0.39, 0.29) is 0 Å². The number of carbonyl (C=O) groups is 1. The van der Waals surface area contributed by atoms with Gasteiger partial charge in [-0.15, -0.1) is 0 Å². The summed E-state index contributed by atoms with van der Waals surface area (Å²) in [5.74, 6) is 0.363. The van der Waals surface area contributed by atoms with E-state index in [0.29, 0.717) is 6.42 Å². The highest BCUT2D eigenvalue weighted by molar-refractivity contribution is 7.80. The molecule has 124 valence electrons. The van der Waals surface area contributed by atoms with E-state index in [0.717, 1.165) is 18.6 Å². The highest BCUT2D eigenvalue weighted by Crippen LogP contribution is 2.10. The minimum atomic E-state index is -0.667. The Morgan fingerprint density at radius 1 is 0.714 bits per heavy atom. The van der Waals surface area contributed by atoms with Gasteiger partial charge >= 0.3 is 5.97 Å². The SMILES string of the molecule is O=C(O)CCCCCCCC=CCCCCCCCCS. The van der Waals surface area contributed by atoms with Gasteiger partial charge in [-0.05, 0) is 44.3 Å². The van der Waals surface area contributed by atoms with Crippen LogP contribution in [-0.2, 0) is 4.79 Å². The Morgan fingerprint density at radius 3 is 1.62 bits per heavy atom. The van der Waals surface area contributed by atoms with E-state index in [1.165, 1.54) is 70.6 Å². The first-order valence-corrected chi connectivity index (χ1v) is 9.38. The largest absolute Gasteiger partial charge is 0.481 e. The number of hydrogen-bond donors (Lipinski definition) is 2. The molecule has 1 N–H and O–H groups in total. The third-order valence-electron chi connectivity index (χ3n) is 3.71. The predicted octanol–water partition coefficient (Wildman–Crippen LogP) is 6.02. The van der Waals surface area contributed by atoms with Crippen LogP contribution in [-0.4, -0.2) is 16.8 Å². The van der Waals surface area contributed by atoms with Crippen LogP contribution in [0.5, 0.6) is 0 Å². The second-order valence-corrected chi connectivity index (χ2v) is 6.25. The summed E-state index contributed by atoms with van der Waals surface area (Å²) in [6, 6.07) is 0. The van der Waals surface area contributed by atoms with Crippen LogP contribution in [0.15, 0.2) is 12.2 Å². The fraction of sp³-hybridized carbons (Fsp3) is 0.833. The van der Waals surface area contributed by atoms with Crippen molar-refractivity contribution in [1.82, 2.24) is 0 Å². The summed E-state index contributed by atoms with van der Waals surface area (Å²) in [4.78, 5) is 10.3. The Labute approximate surface area is 136 Å². The highest BCUT2D eigenvalue weighted by atomic mass is 32.1. The van der Waals surface area contributed by atoms with Crippen LogP contribution in [0, 0.1) is 0 Å². The van der Waals surface area contributed by atoms with E-state index in [2.05, 4.69) is 24.8 Å². The lowest BCUT2D eigenvalue weighted by atomic mass is 10.1. The summed E-state index contributed by atoms with van der Waals surface area (Å²) in [7, 11) is 0. The van der Waals surface area contributed by atoms with Gasteiger partial charge in [-0.2, -0.15) is 12.6 Å². The molecule has 21 heavy (non-hydrogen) atoms. The van der Waals surface area contributed by atoms with Crippen molar-refractivity contribution in [2.45, 2.75) is 89.9 Å². The molecule has 0 spiro atoms. The van der Waals surface area contributed by atoms with Crippen molar-refractivity contribution < 1.29 is 9.90 Å². The summed E-state index contributed by atoms with van der Waals surface area (Å²) in [6.45, 7) is 0. The molecule has 0 heterocycles. The Balaban J connectivity index is 3.07. The van der Waals surface area contributed by atoms with E-state index in [9.17, 15) is 4.79 Å². The number of hydrogen-bond acceptors (Lipinski definition) is 2. The molecule has 0 aromatic carbocycles. The van der Waals surface area contributed by atoms with E-state index < -0.39 is 5.97 Å². The molecule has 0 atom stereocenters. The minimum Gasteiger partial charge on any atom is -0.481 e. The lowest BCUT2D eigenvalue weighted by molar-refractivity contribution is -0.137. The van der Waals surface area contributed by atoms with Crippen molar-refractivity contribution in [3.63, 3.8) is 0 Å². The topological polar surface area (TPSA) is 37.3 Å². The van der Waals surface area contributed by atoms with Crippen LogP contribution in [0.1, 0.15) is 89.9 Å². The monoisotopic (exact) mass is 314 g/mol. The van der Waals surface area contributed by atoms with Crippen LogP contribution in [0.25, 0.3) is 0 Å². The van der Waals surface area contributed by atoms with Gasteiger partial charge in [-0.25, -0.2) is 0 Å². The zero-order valence-corrected chi connectivity index (χ0v) is 14.5. The number of thiol groups is 1. The quantitative estimate of drug-likeness (QED) is 0.208. The molecule has 0 rings (SSSR count). The maximum Gasteiger partial charge on any atom is 0.303 e. The zero-order valence-electron chi connectivity index (χ0n) is 13.6. The van der Waals surface area contributed by atoms with Gasteiger partial charge in [0.05, 0.1) is 0 Å². The molecule has 0 unspecified atom stereocenters. The fourth-order valence-corrected chi connectivity index (χ4v) is 2.61. The van der Waals surface area contributed by atoms with Crippen molar-refractivity contribution in [2.75, 3.05) is 5.75 Å². The maximum atomic E-state index is 10.3. The summed E-state index contributed by atoms with van der Waals surface area (Å²) in [6.07, 6.45) is 21.0. The van der Waals surface area contributed by atoms with Crippen LogP contribution in [0.3, 0.4) is 0 Å². The third-order valence-corrected chi connectivity index (χ3v) is 4.02. The third kappa shape index (κ3) is 19.6. The molecule has 0 bridgehead atoms. The van der Waals surface area contributed by atoms with E-state index >= 15 is 0 Å². The van der Waals surface area contributed by atoms with Crippen molar-refractivity contribution >= 4 is 18.6 Å². The highest BCUT2D eigenvalue weighted by Gasteiger charge is 1.95. The standard InChI is InChI=1S/C18H34O2S/c19-18(20)16-14-12-10-8-6-4-2-1-3-5-7-9-11-13-15-17-21/h1-2,21H,3-17H2,(H,19,20). The van der Waals surface area contributed by atoms with Gasteiger partial charge in [-0.3, -0.25) is 4.79 Å². The average molecular weight is 315 g/mol. The van der Waals surface area contributed by atoms with Crippen molar-refractivity contribution in [3.05, 3.63) is 12.2 Å². The van der Waals surface area contributed by atoms with Crippen LogP contribution in [0.2, 0.25) is 0 Å². The van der Waals surface area contributed by atoms with Crippen molar-refractivity contribution in [2.24, 2.45) is 0 Å². The normalized spacial score (nSPS) is 11.3. The number of unbranched alkanes of at least 4 members (excludes halogenated alkanes) is 11. The lowest BCUT2D eigenvalue weighted by Gasteiger charge is -1.99. The molecular formula is C18H34O2S. The molecule has 0 aromatic heterocycles. The minimum absolute atomic E-state index is 0.328. The maximum absolute atomic E-state index is 10.3. The second kappa shape index (κ2) is 17.6. The average Bonchev–Trinajstić information content (AvgIpc) is 2.46. The lowest BCUT2D eigenvalue weighted by Crippen LogP contribution is -1.93. The molecule has 0 aromatic rings. The molecule has 0 aliphatic rings. The molecular weight excluding hydrogens is 280 g/mol. The zero-order chi connectivity index (χ0) is 15.6. The van der Waals surface area contributed by atoms with Crippen LogP contribution in [0.4, 0.5) is 0 Å². The Morgan fingerprint density at radius 2 is 1.14 bits per heavy atom. The molecule has 0 aliphatic carbocycles. The van der Waals surface area contributed by atoms with Gasteiger partial charge in [0.15, 0.2) is 0 Å². The Bertz CT molecular complexity index is 252. The molecule has 0 saturated heterocycles. The first-order chi connectivity index (χ1) is 10.3. The molecule has 0 saturated carbocycles. The van der Waals surface area contributed by atoms with Gasteiger partial charge in [-0.1, -0.05) is 57.1 Å². The number of rotatable bonds is 16. The summed E-state index contributed by atoms with van der Waals surface area (Å²) in [5, 5.41) is 8.52. The summed E-state index contributed by atoms with van der Waals surface area (Å²) >= 11 is 4.22. The first kappa shape index (κ1) is 20.6. The van der Waals surface area contributed by atoms with Gasteiger partial charge in [0, 0.05) is 6.42 Å². The van der Waals surface area contributed by atoms with Crippen molar-refractivity contribution in [3.8, 4) is 0 Å². The fourth-order valence-electron chi connectivity index (χ4n) is 2.39. The van der Waals surface area contributed by atoms with Crippen LogP contribution >= 0.6 is 12.6 Å². The number of allylic oxidation sites excluding steroid dienone is 2. The van der Waals surface area contributed by atoms with Gasteiger partial charge < -0.3 is 5.11 Å². The van der Waals surface area contributed by atoms with Gasteiger partial charge in [0.1, 0.15) is 0 Å². The first-order valence-electron chi connectivity index (χ1n) is 8.75. The van der Waals surface area contributed by atoms with E-state index in [1.54, 1.807) is 0 Å². The van der Waals surface area contributed by atoms with Gasteiger partial charge in [0.25, 0.3) is 0 Å². The smallest absolute Gasteiger partial charge is 0.303 e. The number of carboxylic acid groups (broad SMARTS) is 1. The van der Waals surface area contributed by atoms with E-state index in [1.807, 2.05) is 0 Å². The number of carboxylic acids is 1. The molecule has 0 amide bonds. The summed E-state index contributed by atoms with van der Waals surface area (Å²) in [5.41, 5.74) is 0. The van der Waals surface area contributed by atoms with Crippen LogP contribution < -0.4 is 0 Å². The Hall–Kier alpha value is -0.440. The Kier molecular flexibility index (Phi) is 17.2. The van der Waals surface area contributed by atoms with Crippen molar-refractivity contribution in [1.29, 1.82) is 0 Å². The molecule has 2 nitrogen and oxygen atoms in total. The molecule has 0 fully saturated rings. The predicted molar refractivity (Wildman–Crippen MR) is 95.3 cm³/mol. The number of aliphatic carboxylic acids is 1. The molecule has 3 heteroatoms.